The summed E-state index contributed by atoms with van der Waals surface area (Å²) in [7, 11) is 0. The molecule has 0 spiro atoms. The zero-order valence-electron chi connectivity index (χ0n) is 17.4. The fraction of sp³-hybridized carbons (Fsp3) is 0.391. The van der Waals surface area contributed by atoms with Crippen LogP contribution in [0, 0.1) is 5.92 Å². The van der Waals surface area contributed by atoms with Gasteiger partial charge in [0.05, 0.1) is 25.1 Å². The van der Waals surface area contributed by atoms with Gasteiger partial charge in [0.25, 0.3) is 0 Å². The summed E-state index contributed by atoms with van der Waals surface area (Å²) in [6.45, 7) is 4.98. The van der Waals surface area contributed by atoms with E-state index in [1.54, 1.807) is 12.4 Å². The number of benzene rings is 1. The van der Waals surface area contributed by atoms with Crippen LogP contribution in [0.4, 0.5) is 17.1 Å². The van der Waals surface area contributed by atoms with Gasteiger partial charge in [0.2, 0.25) is 5.91 Å². The highest BCUT2D eigenvalue weighted by molar-refractivity contribution is 5.93. The number of anilines is 3. The van der Waals surface area contributed by atoms with Gasteiger partial charge in [-0.1, -0.05) is 0 Å². The molecular formula is C23H26N6O2. The molecule has 8 nitrogen and oxygen atoms in total. The maximum Gasteiger partial charge on any atom is 0.227 e. The van der Waals surface area contributed by atoms with Gasteiger partial charge in [-0.3, -0.25) is 9.78 Å². The van der Waals surface area contributed by atoms with Crippen molar-refractivity contribution in [3.63, 3.8) is 0 Å². The third-order valence-electron chi connectivity index (χ3n) is 6.05. The monoisotopic (exact) mass is 418 g/mol. The molecule has 2 aliphatic rings. The molecule has 1 amide bonds. The van der Waals surface area contributed by atoms with Crippen molar-refractivity contribution in [1.29, 1.82) is 0 Å². The number of pyridine rings is 1. The summed E-state index contributed by atoms with van der Waals surface area (Å²) in [5.74, 6) is 0.115. The molecule has 0 aliphatic carbocycles. The first kappa shape index (κ1) is 19.7. The second-order valence-corrected chi connectivity index (χ2v) is 7.99. The Labute approximate surface area is 181 Å². The van der Waals surface area contributed by atoms with Gasteiger partial charge in [-0.15, -0.1) is 0 Å². The Morgan fingerprint density at radius 2 is 1.61 bits per heavy atom. The number of hydrogen-bond donors (Lipinski definition) is 1. The number of aromatic nitrogens is 3. The van der Waals surface area contributed by atoms with Gasteiger partial charge in [-0.25, -0.2) is 9.97 Å². The summed E-state index contributed by atoms with van der Waals surface area (Å²) < 4.78 is 5.41. The minimum Gasteiger partial charge on any atom is -0.378 e. The lowest BCUT2D eigenvalue weighted by Crippen LogP contribution is -2.38. The van der Waals surface area contributed by atoms with E-state index in [-0.39, 0.29) is 11.8 Å². The lowest BCUT2D eigenvalue weighted by Gasteiger charge is -2.32. The topological polar surface area (TPSA) is 83.5 Å². The molecule has 3 aromatic rings. The largest absolute Gasteiger partial charge is 0.378 e. The minimum atomic E-state index is 0.0170. The van der Waals surface area contributed by atoms with Crippen LogP contribution >= 0.6 is 0 Å². The van der Waals surface area contributed by atoms with E-state index in [9.17, 15) is 4.79 Å². The highest BCUT2D eigenvalue weighted by Crippen LogP contribution is 2.26. The van der Waals surface area contributed by atoms with Gasteiger partial charge in [-0.05, 0) is 43.2 Å². The number of morpholine rings is 1. The van der Waals surface area contributed by atoms with E-state index in [0.29, 0.717) is 5.65 Å². The Hall–Kier alpha value is -3.26. The quantitative estimate of drug-likeness (QED) is 0.697. The van der Waals surface area contributed by atoms with Gasteiger partial charge in [0.1, 0.15) is 5.52 Å². The lowest BCUT2D eigenvalue weighted by molar-refractivity contribution is -0.120. The summed E-state index contributed by atoms with van der Waals surface area (Å²) in [6.07, 6.45) is 6.80. The first-order chi connectivity index (χ1) is 15.3. The summed E-state index contributed by atoms with van der Waals surface area (Å²) in [5, 5.41) is 3.09. The summed E-state index contributed by atoms with van der Waals surface area (Å²) >= 11 is 0. The number of fused-ring (bicyclic) bond motifs is 1. The highest BCUT2D eigenvalue weighted by atomic mass is 16.5. The molecule has 5 rings (SSSR count). The molecule has 2 aromatic heterocycles. The van der Waals surface area contributed by atoms with Crippen LogP contribution < -0.4 is 15.1 Å². The number of carbonyl (C=O) groups is 1. The number of ether oxygens (including phenoxy) is 1. The summed E-state index contributed by atoms with van der Waals surface area (Å²) in [4.78, 5) is 30.3. The van der Waals surface area contributed by atoms with Gasteiger partial charge in [-0.2, -0.15) is 0 Å². The number of rotatable bonds is 4. The summed E-state index contributed by atoms with van der Waals surface area (Å²) in [6, 6.07) is 10.1. The second kappa shape index (κ2) is 8.85. The molecule has 0 saturated carbocycles. The van der Waals surface area contributed by atoms with Gasteiger partial charge < -0.3 is 19.9 Å². The van der Waals surface area contributed by atoms with Crippen LogP contribution in [0.1, 0.15) is 12.8 Å². The molecule has 1 aromatic carbocycles. The molecular weight excluding hydrogens is 392 g/mol. The fourth-order valence-electron chi connectivity index (χ4n) is 4.24. The molecule has 4 heterocycles. The van der Waals surface area contributed by atoms with E-state index >= 15 is 0 Å². The molecule has 31 heavy (non-hydrogen) atoms. The standard InChI is InChI=1S/C23H26N6O2/c30-23(27-18-1-3-19(4-2-18)29-11-13-31-14-12-29)17-5-9-28(10-6-17)20-15-21-22(26-16-20)25-8-7-24-21/h1-4,7-8,15-17H,5-6,9-14H2,(H,27,30). The van der Waals surface area contributed by atoms with Crippen molar-refractivity contribution in [3.8, 4) is 0 Å². The molecule has 2 aliphatic heterocycles. The van der Waals surface area contributed by atoms with Crippen molar-refractivity contribution in [2.75, 3.05) is 54.5 Å². The molecule has 2 saturated heterocycles. The van der Waals surface area contributed by atoms with Crippen LogP contribution in [0.25, 0.3) is 11.2 Å². The Kier molecular flexibility index (Phi) is 5.62. The molecule has 2 fully saturated rings. The van der Waals surface area contributed by atoms with Crippen LogP contribution in [0.15, 0.2) is 48.9 Å². The summed E-state index contributed by atoms with van der Waals surface area (Å²) in [5.41, 5.74) is 4.50. The van der Waals surface area contributed by atoms with Gasteiger partial charge >= 0.3 is 0 Å². The van der Waals surface area contributed by atoms with Crippen LogP contribution in [-0.2, 0) is 9.53 Å². The first-order valence-electron chi connectivity index (χ1n) is 10.8. The van der Waals surface area contributed by atoms with Crippen molar-refractivity contribution in [2.45, 2.75) is 12.8 Å². The molecule has 160 valence electrons. The minimum absolute atomic E-state index is 0.0170. The lowest BCUT2D eigenvalue weighted by atomic mass is 9.95. The van der Waals surface area contributed by atoms with Crippen molar-refractivity contribution in [1.82, 2.24) is 15.0 Å². The number of hydrogen-bond acceptors (Lipinski definition) is 7. The second-order valence-electron chi connectivity index (χ2n) is 7.99. The third kappa shape index (κ3) is 4.44. The van der Waals surface area contributed by atoms with Crippen LogP contribution in [-0.4, -0.2) is 60.3 Å². The molecule has 1 N–H and O–H groups in total. The average molecular weight is 419 g/mol. The van der Waals surface area contributed by atoms with E-state index in [2.05, 4.69) is 42.2 Å². The number of nitrogens with one attached hydrogen (secondary N) is 1. The molecule has 0 bridgehead atoms. The Bertz CT molecular complexity index is 1040. The number of piperidine rings is 1. The fourth-order valence-corrected chi connectivity index (χ4v) is 4.24. The number of amides is 1. The zero-order valence-corrected chi connectivity index (χ0v) is 17.4. The van der Waals surface area contributed by atoms with Crippen molar-refractivity contribution < 1.29 is 9.53 Å². The predicted molar refractivity (Wildman–Crippen MR) is 120 cm³/mol. The van der Waals surface area contributed by atoms with E-state index in [1.807, 2.05) is 24.4 Å². The van der Waals surface area contributed by atoms with E-state index in [4.69, 9.17) is 4.74 Å². The SMILES string of the molecule is O=C(Nc1ccc(N2CCOCC2)cc1)C1CCN(c2cnc3nccnc3c2)CC1. The predicted octanol–water partition coefficient (Wildman–Crippen LogP) is 2.72. The van der Waals surface area contributed by atoms with Crippen LogP contribution in [0.2, 0.25) is 0 Å². The normalized spacial score (nSPS) is 17.7. The zero-order chi connectivity index (χ0) is 21.0. The number of carbonyl (C=O) groups excluding carboxylic acids is 1. The van der Waals surface area contributed by atoms with Crippen LogP contribution in [0.5, 0.6) is 0 Å². The Morgan fingerprint density at radius 3 is 2.39 bits per heavy atom. The number of nitrogens with zero attached hydrogens (tertiary/aromatic N) is 5. The van der Waals surface area contributed by atoms with Crippen molar-refractivity contribution >= 4 is 34.1 Å². The van der Waals surface area contributed by atoms with Crippen molar-refractivity contribution in [2.24, 2.45) is 5.92 Å². The first-order valence-corrected chi connectivity index (χ1v) is 10.8. The maximum atomic E-state index is 12.8. The molecule has 0 radical (unpaired) electrons. The smallest absolute Gasteiger partial charge is 0.227 e. The van der Waals surface area contributed by atoms with Crippen LogP contribution in [0.3, 0.4) is 0 Å². The van der Waals surface area contributed by atoms with Crippen molar-refractivity contribution in [3.05, 3.63) is 48.9 Å². The average Bonchev–Trinajstić information content (AvgIpc) is 2.85. The molecule has 0 unspecified atom stereocenters. The van der Waals surface area contributed by atoms with E-state index in [0.717, 1.165) is 69.1 Å². The maximum absolute atomic E-state index is 12.8. The highest BCUT2D eigenvalue weighted by Gasteiger charge is 2.25. The third-order valence-corrected chi connectivity index (χ3v) is 6.05. The Balaban J connectivity index is 1.16. The van der Waals surface area contributed by atoms with Gasteiger partial charge in [0, 0.05) is 55.9 Å². The molecule has 0 atom stereocenters. The Morgan fingerprint density at radius 1 is 0.903 bits per heavy atom. The molecule has 8 heteroatoms. The van der Waals surface area contributed by atoms with E-state index in [1.165, 1.54) is 5.69 Å². The van der Waals surface area contributed by atoms with Gasteiger partial charge in [0.15, 0.2) is 5.65 Å². The van der Waals surface area contributed by atoms with E-state index < -0.39 is 0 Å².